The van der Waals surface area contributed by atoms with Crippen LogP contribution in [-0.4, -0.2) is 40.0 Å². The molecular formula is C17H26N5OS+. The second-order valence-corrected chi connectivity index (χ2v) is 7.42. The molecule has 0 saturated heterocycles. The molecule has 0 fully saturated rings. The van der Waals surface area contributed by atoms with Crippen LogP contribution in [0.1, 0.15) is 37.7 Å². The summed E-state index contributed by atoms with van der Waals surface area (Å²) >= 11 is 1.36. The van der Waals surface area contributed by atoms with E-state index in [1.165, 1.54) is 22.2 Å². The highest BCUT2D eigenvalue weighted by molar-refractivity contribution is 8.00. The summed E-state index contributed by atoms with van der Waals surface area (Å²) in [5.74, 6) is 0.599. The molecule has 1 aromatic heterocycles. The molecule has 2 aromatic rings. The first-order valence-electron chi connectivity index (χ1n) is 8.17. The highest BCUT2D eigenvalue weighted by Crippen LogP contribution is 2.25. The van der Waals surface area contributed by atoms with Crippen LogP contribution in [0.4, 0.5) is 0 Å². The fourth-order valence-corrected chi connectivity index (χ4v) is 3.43. The fraction of sp³-hybridized carbons (Fsp3) is 0.471. The van der Waals surface area contributed by atoms with Gasteiger partial charge in [0.25, 0.3) is 0 Å². The Labute approximate surface area is 147 Å². The molecule has 2 rings (SSSR count). The van der Waals surface area contributed by atoms with E-state index in [-0.39, 0.29) is 17.2 Å². The van der Waals surface area contributed by atoms with Crippen molar-refractivity contribution in [3.05, 3.63) is 41.7 Å². The number of nitrogens with zero attached hydrogens (tertiary/aromatic N) is 3. The Morgan fingerprint density at radius 2 is 1.96 bits per heavy atom. The molecule has 0 saturated carbocycles. The topological polar surface area (TPSA) is 78.2 Å². The lowest BCUT2D eigenvalue weighted by atomic mass is 10.2. The van der Waals surface area contributed by atoms with Gasteiger partial charge in [-0.25, -0.2) is 0 Å². The van der Waals surface area contributed by atoms with Gasteiger partial charge in [0.05, 0.1) is 25.9 Å². The molecule has 0 aliphatic heterocycles. The molecule has 0 radical (unpaired) electrons. The minimum atomic E-state index is -0.346. The number of amides is 1. The zero-order valence-corrected chi connectivity index (χ0v) is 15.5. The number of aromatic nitrogens is 3. The van der Waals surface area contributed by atoms with Gasteiger partial charge in [-0.2, -0.15) is 0 Å². The third-order valence-corrected chi connectivity index (χ3v) is 5.13. The highest BCUT2D eigenvalue weighted by atomic mass is 32.2. The van der Waals surface area contributed by atoms with Gasteiger partial charge in [0.15, 0.2) is 11.0 Å². The normalized spacial score (nSPS) is 13.9. The van der Waals surface area contributed by atoms with Gasteiger partial charge in [-0.15, -0.1) is 10.2 Å². The molecule has 6 nitrogen and oxygen atoms in total. The van der Waals surface area contributed by atoms with Crippen molar-refractivity contribution in [2.75, 3.05) is 14.1 Å². The van der Waals surface area contributed by atoms with Crippen molar-refractivity contribution in [3.8, 4) is 0 Å². The van der Waals surface area contributed by atoms with Gasteiger partial charge in [-0.3, -0.25) is 9.36 Å². The quantitative estimate of drug-likeness (QED) is 0.695. The Morgan fingerprint density at radius 3 is 2.50 bits per heavy atom. The molecule has 0 spiro atoms. The summed E-state index contributed by atoms with van der Waals surface area (Å²) in [5, 5.41) is 9.17. The summed E-state index contributed by atoms with van der Waals surface area (Å²) in [4.78, 5) is 12.7. The Balaban J connectivity index is 2.40. The maximum Gasteiger partial charge on any atom is 0.230 e. The van der Waals surface area contributed by atoms with Gasteiger partial charge in [0, 0.05) is 6.42 Å². The molecule has 0 unspecified atom stereocenters. The predicted octanol–water partition coefficient (Wildman–Crippen LogP) is 0.888. The van der Waals surface area contributed by atoms with Crippen molar-refractivity contribution in [1.29, 1.82) is 0 Å². The zero-order valence-electron chi connectivity index (χ0n) is 14.7. The maximum absolute atomic E-state index is 11.4. The zero-order chi connectivity index (χ0) is 17.7. The van der Waals surface area contributed by atoms with Gasteiger partial charge < -0.3 is 10.6 Å². The van der Waals surface area contributed by atoms with Crippen LogP contribution >= 0.6 is 11.8 Å². The first-order chi connectivity index (χ1) is 11.4. The largest absolute Gasteiger partial charge is 0.369 e. The Morgan fingerprint density at radius 1 is 1.29 bits per heavy atom. The van der Waals surface area contributed by atoms with E-state index in [2.05, 4.69) is 47.9 Å². The lowest BCUT2D eigenvalue weighted by Crippen LogP contribution is -3.06. The Bertz CT molecular complexity index is 671. The maximum atomic E-state index is 11.4. The first-order valence-corrected chi connectivity index (χ1v) is 9.05. The van der Waals surface area contributed by atoms with Gasteiger partial charge in [0.1, 0.15) is 6.04 Å². The van der Waals surface area contributed by atoms with E-state index < -0.39 is 0 Å². The number of carbonyl (C=O) groups excluding carboxylic acids is 1. The molecule has 0 bridgehead atoms. The van der Waals surface area contributed by atoms with Gasteiger partial charge in [0.2, 0.25) is 5.91 Å². The minimum Gasteiger partial charge on any atom is -0.369 e. The van der Waals surface area contributed by atoms with Crippen LogP contribution in [0.5, 0.6) is 0 Å². The molecule has 3 N–H and O–H groups in total. The van der Waals surface area contributed by atoms with Crippen LogP contribution < -0.4 is 10.6 Å². The van der Waals surface area contributed by atoms with Crippen LogP contribution in [0.3, 0.4) is 0 Å². The summed E-state index contributed by atoms with van der Waals surface area (Å²) in [6, 6.07) is 10.5. The number of nitrogens with two attached hydrogens (primary N) is 1. The molecule has 0 aliphatic rings. The standard InChI is InChI=1S/C17H25N5OS/c1-5-14(21(3)4)16-19-20-17(24-12(2)15(18)23)22(16)11-13-9-7-6-8-10-13/h6-10,12,14H,5,11H2,1-4H3,(H2,18,23)/p+1/t12-,14-/m0/s1. The van der Waals surface area contributed by atoms with Crippen LogP contribution in [0.2, 0.25) is 0 Å². The molecule has 0 aliphatic carbocycles. The summed E-state index contributed by atoms with van der Waals surface area (Å²) in [6.07, 6.45) is 0.964. The molecule has 1 heterocycles. The summed E-state index contributed by atoms with van der Waals surface area (Å²) < 4.78 is 2.11. The second kappa shape index (κ2) is 8.30. The average Bonchev–Trinajstić information content (AvgIpc) is 2.91. The van der Waals surface area contributed by atoms with Gasteiger partial charge in [-0.05, 0) is 12.5 Å². The average molecular weight is 348 g/mol. The molecule has 130 valence electrons. The lowest BCUT2D eigenvalue weighted by Gasteiger charge is -2.20. The Hall–Kier alpha value is -1.86. The molecule has 1 aromatic carbocycles. The second-order valence-electron chi connectivity index (χ2n) is 6.11. The van der Waals surface area contributed by atoms with E-state index in [4.69, 9.17) is 5.73 Å². The van der Waals surface area contributed by atoms with E-state index >= 15 is 0 Å². The van der Waals surface area contributed by atoms with Crippen molar-refractivity contribution < 1.29 is 9.69 Å². The van der Waals surface area contributed by atoms with Crippen LogP contribution in [0, 0.1) is 0 Å². The van der Waals surface area contributed by atoms with Gasteiger partial charge in [-0.1, -0.05) is 49.0 Å². The SMILES string of the molecule is CC[C@@H](c1nnc(S[C@@H](C)C(N)=O)n1Cc1ccccc1)[NH+](C)C. The molecule has 1 amide bonds. The number of hydrogen-bond acceptors (Lipinski definition) is 4. The Kier molecular flexibility index (Phi) is 6.39. The smallest absolute Gasteiger partial charge is 0.230 e. The number of nitrogens with one attached hydrogen (secondary N) is 1. The monoisotopic (exact) mass is 348 g/mol. The van der Waals surface area contributed by atoms with Crippen molar-refractivity contribution in [2.45, 2.75) is 43.3 Å². The molecule has 24 heavy (non-hydrogen) atoms. The van der Waals surface area contributed by atoms with Gasteiger partial charge >= 0.3 is 0 Å². The molecule has 2 atom stereocenters. The van der Waals surface area contributed by atoms with E-state index in [0.29, 0.717) is 6.54 Å². The fourth-order valence-electron chi connectivity index (χ4n) is 2.62. The van der Waals surface area contributed by atoms with E-state index in [0.717, 1.165) is 17.4 Å². The van der Waals surface area contributed by atoms with Crippen LogP contribution in [-0.2, 0) is 11.3 Å². The first kappa shape index (κ1) is 18.5. The number of primary amides is 1. The van der Waals surface area contributed by atoms with E-state index in [1.54, 1.807) is 6.92 Å². The van der Waals surface area contributed by atoms with E-state index in [9.17, 15) is 4.79 Å². The summed E-state index contributed by atoms with van der Waals surface area (Å²) in [7, 11) is 4.24. The number of rotatable bonds is 8. The highest BCUT2D eigenvalue weighted by Gasteiger charge is 2.26. The molecular weight excluding hydrogens is 322 g/mol. The van der Waals surface area contributed by atoms with Crippen molar-refractivity contribution in [1.82, 2.24) is 14.8 Å². The minimum absolute atomic E-state index is 0.249. The van der Waals surface area contributed by atoms with Crippen LogP contribution in [0.15, 0.2) is 35.5 Å². The third-order valence-electron chi connectivity index (χ3n) is 4.03. The number of hydrogen-bond donors (Lipinski definition) is 2. The summed E-state index contributed by atoms with van der Waals surface area (Å²) in [5.41, 5.74) is 6.58. The predicted molar refractivity (Wildman–Crippen MR) is 95.9 cm³/mol. The number of thioether (sulfide) groups is 1. The van der Waals surface area contributed by atoms with Crippen molar-refractivity contribution >= 4 is 17.7 Å². The van der Waals surface area contributed by atoms with E-state index in [1.807, 2.05) is 18.2 Å². The van der Waals surface area contributed by atoms with Crippen molar-refractivity contribution in [3.63, 3.8) is 0 Å². The summed E-state index contributed by atoms with van der Waals surface area (Å²) in [6.45, 7) is 4.63. The molecule has 7 heteroatoms. The number of carbonyl (C=O) groups is 1. The van der Waals surface area contributed by atoms with Crippen LogP contribution in [0.25, 0.3) is 0 Å². The third kappa shape index (κ3) is 4.36. The number of benzene rings is 1. The lowest BCUT2D eigenvalue weighted by molar-refractivity contribution is -0.893. The number of quaternary nitrogens is 1. The van der Waals surface area contributed by atoms with Crippen molar-refractivity contribution in [2.24, 2.45) is 5.73 Å².